The Bertz CT molecular complexity index is 592. The molecule has 2 aliphatic heterocycles. The van der Waals surface area contributed by atoms with Gasteiger partial charge in [0, 0.05) is 31.7 Å². The predicted octanol–water partition coefficient (Wildman–Crippen LogP) is 2.68. The molecule has 0 spiro atoms. The molecule has 0 unspecified atom stereocenters. The highest BCUT2D eigenvalue weighted by Crippen LogP contribution is 2.29. The number of nitrogens with zero attached hydrogens (tertiary/aromatic N) is 2. The van der Waals surface area contributed by atoms with E-state index >= 15 is 0 Å². The molecule has 23 heavy (non-hydrogen) atoms. The van der Waals surface area contributed by atoms with Crippen LogP contribution in [0.1, 0.15) is 26.7 Å². The van der Waals surface area contributed by atoms with Crippen LogP contribution in [0.3, 0.4) is 0 Å². The van der Waals surface area contributed by atoms with Gasteiger partial charge in [-0.2, -0.15) is 0 Å². The van der Waals surface area contributed by atoms with Gasteiger partial charge in [0.1, 0.15) is 5.82 Å². The van der Waals surface area contributed by atoms with Gasteiger partial charge < -0.3 is 9.80 Å². The van der Waals surface area contributed by atoms with Crippen LogP contribution in [0.15, 0.2) is 24.3 Å². The van der Waals surface area contributed by atoms with Gasteiger partial charge in [-0.05, 0) is 42.5 Å². The SMILES string of the molecule is C[C@@H]1C[C@@H](C)CN(C(=O)[C@H]2CC(=O)N(c3ccc(F)cc3)C2)C1. The van der Waals surface area contributed by atoms with Crippen LogP contribution < -0.4 is 4.90 Å². The fourth-order valence-corrected chi connectivity index (χ4v) is 3.84. The molecule has 2 aliphatic rings. The molecule has 2 fully saturated rings. The average molecular weight is 318 g/mol. The number of carbonyl (C=O) groups excluding carboxylic acids is 2. The van der Waals surface area contributed by atoms with Crippen molar-refractivity contribution in [2.24, 2.45) is 17.8 Å². The molecule has 4 nitrogen and oxygen atoms in total. The van der Waals surface area contributed by atoms with E-state index in [0.717, 1.165) is 19.5 Å². The highest BCUT2D eigenvalue weighted by atomic mass is 19.1. The van der Waals surface area contributed by atoms with Gasteiger partial charge in [-0.15, -0.1) is 0 Å². The number of carbonyl (C=O) groups is 2. The van der Waals surface area contributed by atoms with Crippen LogP contribution in [0, 0.1) is 23.6 Å². The van der Waals surface area contributed by atoms with Crippen molar-refractivity contribution in [3.8, 4) is 0 Å². The Morgan fingerprint density at radius 2 is 1.70 bits per heavy atom. The zero-order valence-electron chi connectivity index (χ0n) is 13.7. The molecule has 0 radical (unpaired) electrons. The van der Waals surface area contributed by atoms with Crippen molar-refractivity contribution in [1.82, 2.24) is 4.90 Å². The third-order valence-corrected chi connectivity index (χ3v) is 4.79. The van der Waals surface area contributed by atoms with Crippen LogP contribution in [0.2, 0.25) is 0 Å². The van der Waals surface area contributed by atoms with Crippen LogP contribution in [0.4, 0.5) is 10.1 Å². The fraction of sp³-hybridized carbons (Fsp3) is 0.556. The number of piperidine rings is 1. The highest BCUT2D eigenvalue weighted by molar-refractivity contribution is 6.00. The van der Waals surface area contributed by atoms with Gasteiger partial charge in [-0.3, -0.25) is 9.59 Å². The molecule has 0 aliphatic carbocycles. The second-order valence-electron chi connectivity index (χ2n) is 7.07. The Hall–Kier alpha value is -1.91. The summed E-state index contributed by atoms with van der Waals surface area (Å²) in [5, 5.41) is 0. The van der Waals surface area contributed by atoms with Crippen LogP contribution in [0.25, 0.3) is 0 Å². The number of hydrogen-bond donors (Lipinski definition) is 0. The minimum absolute atomic E-state index is 0.0620. The van der Waals surface area contributed by atoms with Gasteiger partial charge in [0.15, 0.2) is 0 Å². The molecule has 2 heterocycles. The van der Waals surface area contributed by atoms with E-state index in [9.17, 15) is 14.0 Å². The molecule has 3 rings (SSSR count). The van der Waals surface area contributed by atoms with Crippen molar-refractivity contribution in [1.29, 1.82) is 0 Å². The summed E-state index contributed by atoms with van der Waals surface area (Å²) >= 11 is 0. The maximum Gasteiger partial charge on any atom is 0.228 e. The highest BCUT2D eigenvalue weighted by Gasteiger charge is 2.38. The fourth-order valence-electron chi connectivity index (χ4n) is 3.84. The van der Waals surface area contributed by atoms with Crippen molar-refractivity contribution in [2.45, 2.75) is 26.7 Å². The Labute approximate surface area is 136 Å². The largest absolute Gasteiger partial charge is 0.342 e. The molecule has 2 saturated heterocycles. The molecule has 1 aromatic rings. The first kappa shape index (κ1) is 16.0. The first-order valence-electron chi connectivity index (χ1n) is 8.28. The van der Waals surface area contributed by atoms with Crippen LogP contribution >= 0.6 is 0 Å². The molecule has 1 aromatic carbocycles. The number of amides is 2. The molecule has 0 N–H and O–H groups in total. The van der Waals surface area contributed by atoms with E-state index in [1.54, 1.807) is 17.0 Å². The zero-order chi connectivity index (χ0) is 16.6. The summed E-state index contributed by atoms with van der Waals surface area (Å²) in [6.07, 6.45) is 1.39. The summed E-state index contributed by atoms with van der Waals surface area (Å²) in [5.74, 6) is 0.421. The van der Waals surface area contributed by atoms with E-state index in [-0.39, 0.29) is 30.0 Å². The second-order valence-corrected chi connectivity index (χ2v) is 7.07. The van der Waals surface area contributed by atoms with Crippen molar-refractivity contribution in [3.05, 3.63) is 30.1 Å². The topological polar surface area (TPSA) is 40.6 Å². The monoisotopic (exact) mass is 318 g/mol. The molecule has 0 aromatic heterocycles. The van der Waals surface area contributed by atoms with Crippen molar-refractivity contribution >= 4 is 17.5 Å². The predicted molar refractivity (Wildman–Crippen MR) is 86.4 cm³/mol. The lowest BCUT2D eigenvalue weighted by Gasteiger charge is -2.36. The Balaban J connectivity index is 1.69. The number of halogens is 1. The quantitative estimate of drug-likeness (QED) is 0.841. The van der Waals surface area contributed by atoms with E-state index in [0.29, 0.717) is 24.1 Å². The van der Waals surface area contributed by atoms with E-state index in [1.165, 1.54) is 12.1 Å². The van der Waals surface area contributed by atoms with E-state index in [4.69, 9.17) is 0 Å². The van der Waals surface area contributed by atoms with Gasteiger partial charge in [0.2, 0.25) is 11.8 Å². The lowest BCUT2D eigenvalue weighted by molar-refractivity contribution is -0.138. The van der Waals surface area contributed by atoms with E-state index in [2.05, 4.69) is 13.8 Å². The molecule has 2 amide bonds. The molecular formula is C18H23FN2O2. The smallest absolute Gasteiger partial charge is 0.228 e. The molecule has 0 bridgehead atoms. The molecule has 5 heteroatoms. The number of rotatable bonds is 2. The third kappa shape index (κ3) is 3.38. The van der Waals surface area contributed by atoms with Crippen LogP contribution in [0.5, 0.6) is 0 Å². The van der Waals surface area contributed by atoms with Gasteiger partial charge in [0.25, 0.3) is 0 Å². The summed E-state index contributed by atoms with van der Waals surface area (Å²) in [6.45, 7) is 6.29. The van der Waals surface area contributed by atoms with Gasteiger partial charge in [-0.25, -0.2) is 4.39 Å². The Morgan fingerprint density at radius 3 is 2.30 bits per heavy atom. The van der Waals surface area contributed by atoms with Crippen LogP contribution in [-0.2, 0) is 9.59 Å². The lowest BCUT2D eigenvalue weighted by atomic mass is 9.91. The summed E-state index contributed by atoms with van der Waals surface area (Å²) in [6, 6.07) is 5.85. The normalized spacial score (nSPS) is 28.3. The first-order chi connectivity index (χ1) is 10.9. The Morgan fingerprint density at radius 1 is 1.09 bits per heavy atom. The molecule has 3 atom stereocenters. The number of anilines is 1. The summed E-state index contributed by atoms with van der Waals surface area (Å²) < 4.78 is 13.0. The van der Waals surface area contributed by atoms with Gasteiger partial charge in [-0.1, -0.05) is 13.8 Å². The molecule has 0 saturated carbocycles. The van der Waals surface area contributed by atoms with Crippen molar-refractivity contribution in [3.63, 3.8) is 0 Å². The van der Waals surface area contributed by atoms with Crippen molar-refractivity contribution in [2.75, 3.05) is 24.5 Å². The second kappa shape index (κ2) is 6.30. The Kier molecular flexibility index (Phi) is 4.37. The van der Waals surface area contributed by atoms with Crippen LogP contribution in [-0.4, -0.2) is 36.3 Å². The average Bonchev–Trinajstić information content (AvgIpc) is 2.88. The van der Waals surface area contributed by atoms with Gasteiger partial charge >= 0.3 is 0 Å². The third-order valence-electron chi connectivity index (χ3n) is 4.79. The zero-order valence-corrected chi connectivity index (χ0v) is 13.7. The maximum absolute atomic E-state index is 13.0. The molecule has 124 valence electrons. The summed E-state index contributed by atoms with van der Waals surface area (Å²) in [5.41, 5.74) is 0.659. The summed E-state index contributed by atoms with van der Waals surface area (Å²) in [4.78, 5) is 28.5. The number of hydrogen-bond acceptors (Lipinski definition) is 2. The standard InChI is InChI=1S/C18H23FN2O2/c1-12-7-13(2)10-20(9-12)18(23)14-8-17(22)21(11-14)16-5-3-15(19)4-6-16/h3-6,12-14H,7-11H2,1-2H3/t12-,13-,14+/m1/s1. The maximum atomic E-state index is 13.0. The lowest BCUT2D eigenvalue weighted by Crippen LogP contribution is -2.45. The number of benzene rings is 1. The minimum Gasteiger partial charge on any atom is -0.342 e. The van der Waals surface area contributed by atoms with E-state index in [1.807, 2.05) is 4.90 Å². The first-order valence-corrected chi connectivity index (χ1v) is 8.28. The number of likely N-dealkylation sites (tertiary alicyclic amines) is 1. The minimum atomic E-state index is -0.329. The van der Waals surface area contributed by atoms with E-state index < -0.39 is 0 Å². The van der Waals surface area contributed by atoms with Crippen molar-refractivity contribution < 1.29 is 14.0 Å². The molecular weight excluding hydrogens is 295 g/mol. The summed E-state index contributed by atoms with van der Waals surface area (Å²) in [7, 11) is 0. The van der Waals surface area contributed by atoms with Gasteiger partial charge in [0.05, 0.1) is 5.92 Å².